The maximum Gasteiger partial charge on any atom is 0.265 e. The molecular formula is C15H22N2O2. The molecule has 4 heteroatoms. The largest absolute Gasteiger partial charge is 0.482 e. The van der Waals surface area contributed by atoms with Crippen LogP contribution in [0.25, 0.3) is 0 Å². The molecule has 1 amide bonds. The van der Waals surface area contributed by atoms with Gasteiger partial charge in [0, 0.05) is 12.1 Å². The summed E-state index contributed by atoms with van der Waals surface area (Å²) in [6.45, 7) is 8.67. The number of anilines is 1. The summed E-state index contributed by atoms with van der Waals surface area (Å²) in [5.41, 5.74) is 7.64. The molecule has 0 atom stereocenters. The van der Waals surface area contributed by atoms with Crippen molar-refractivity contribution in [1.29, 1.82) is 0 Å². The third-order valence-corrected chi connectivity index (χ3v) is 3.16. The smallest absolute Gasteiger partial charge is 0.265 e. The van der Waals surface area contributed by atoms with Crippen molar-refractivity contribution in [3.8, 4) is 5.75 Å². The molecule has 0 radical (unpaired) electrons. The molecule has 1 aliphatic rings. The Labute approximate surface area is 114 Å². The van der Waals surface area contributed by atoms with E-state index in [1.807, 2.05) is 32.0 Å². The first-order valence-electron chi connectivity index (χ1n) is 6.64. The monoisotopic (exact) mass is 262 g/mol. The van der Waals surface area contributed by atoms with E-state index in [0.717, 1.165) is 11.4 Å². The van der Waals surface area contributed by atoms with E-state index in [1.165, 1.54) is 5.56 Å². The van der Waals surface area contributed by atoms with Gasteiger partial charge in [0.15, 0.2) is 6.61 Å². The van der Waals surface area contributed by atoms with Gasteiger partial charge in [-0.25, -0.2) is 0 Å². The quantitative estimate of drug-likeness (QED) is 0.909. The van der Waals surface area contributed by atoms with Gasteiger partial charge in [0.25, 0.3) is 5.91 Å². The lowest BCUT2D eigenvalue weighted by molar-refractivity contribution is -0.121. The molecular weight excluding hydrogens is 240 g/mol. The van der Waals surface area contributed by atoms with E-state index >= 15 is 0 Å². The van der Waals surface area contributed by atoms with Crippen LogP contribution in [0.15, 0.2) is 18.2 Å². The van der Waals surface area contributed by atoms with Crippen molar-refractivity contribution < 1.29 is 9.53 Å². The van der Waals surface area contributed by atoms with Gasteiger partial charge in [-0.3, -0.25) is 4.79 Å². The zero-order valence-corrected chi connectivity index (χ0v) is 12.1. The molecule has 0 unspecified atom stereocenters. The highest BCUT2D eigenvalue weighted by Crippen LogP contribution is 2.35. The molecule has 2 rings (SSSR count). The lowest BCUT2D eigenvalue weighted by Crippen LogP contribution is -2.50. The number of carbonyl (C=O) groups is 1. The molecule has 1 aromatic rings. The van der Waals surface area contributed by atoms with Crippen LogP contribution in [0.1, 0.15) is 39.2 Å². The molecule has 1 aliphatic heterocycles. The van der Waals surface area contributed by atoms with Crippen LogP contribution in [-0.2, 0) is 4.79 Å². The highest BCUT2D eigenvalue weighted by Gasteiger charge is 2.29. The Kier molecular flexibility index (Phi) is 3.54. The van der Waals surface area contributed by atoms with Gasteiger partial charge < -0.3 is 15.4 Å². The molecule has 0 saturated heterocycles. The molecule has 0 fully saturated rings. The standard InChI is InChI=1S/C15H22N2O2/c1-10(2)11-5-6-13-12(7-11)17(9-15(3,4)16)14(18)8-19-13/h5-7,10H,8-9,16H2,1-4H3. The summed E-state index contributed by atoms with van der Waals surface area (Å²) in [4.78, 5) is 13.8. The normalized spacial score (nSPS) is 15.5. The van der Waals surface area contributed by atoms with Crippen LogP contribution < -0.4 is 15.4 Å². The summed E-state index contributed by atoms with van der Waals surface area (Å²) in [7, 11) is 0. The third kappa shape index (κ3) is 3.07. The van der Waals surface area contributed by atoms with E-state index < -0.39 is 5.54 Å². The summed E-state index contributed by atoms with van der Waals surface area (Å²) in [5, 5.41) is 0. The maximum absolute atomic E-state index is 12.1. The Morgan fingerprint density at radius 2 is 2.11 bits per heavy atom. The Morgan fingerprint density at radius 3 is 2.68 bits per heavy atom. The number of rotatable bonds is 3. The molecule has 4 nitrogen and oxygen atoms in total. The van der Waals surface area contributed by atoms with Crippen molar-refractivity contribution >= 4 is 11.6 Å². The number of nitrogens with zero attached hydrogens (tertiary/aromatic N) is 1. The van der Waals surface area contributed by atoms with Crippen molar-refractivity contribution in [1.82, 2.24) is 0 Å². The van der Waals surface area contributed by atoms with E-state index in [2.05, 4.69) is 13.8 Å². The van der Waals surface area contributed by atoms with Crippen molar-refractivity contribution in [2.75, 3.05) is 18.1 Å². The van der Waals surface area contributed by atoms with Gasteiger partial charge >= 0.3 is 0 Å². The van der Waals surface area contributed by atoms with Crippen molar-refractivity contribution in [3.05, 3.63) is 23.8 Å². The van der Waals surface area contributed by atoms with Crippen molar-refractivity contribution in [2.45, 2.75) is 39.2 Å². The predicted octanol–water partition coefficient (Wildman–Crippen LogP) is 2.27. The summed E-state index contributed by atoms with van der Waals surface area (Å²) in [6, 6.07) is 6.02. The molecule has 2 N–H and O–H groups in total. The highest BCUT2D eigenvalue weighted by atomic mass is 16.5. The number of nitrogens with two attached hydrogens (primary N) is 1. The van der Waals surface area contributed by atoms with Crippen LogP contribution in [0.3, 0.4) is 0 Å². The SMILES string of the molecule is CC(C)c1ccc2c(c1)N(CC(C)(C)N)C(=O)CO2. The van der Waals surface area contributed by atoms with Crippen LogP contribution in [0.2, 0.25) is 0 Å². The lowest BCUT2D eigenvalue weighted by atomic mass is 10.0. The molecule has 0 bridgehead atoms. The summed E-state index contributed by atoms with van der Waals surface area (Å²) in [5.74, 6) is 1.13. The Hall–Kier alpha value is -1.55. The highest BCUT2D eigenvalue weighted by molar-refractivity contribution is 5.98. The Morgan fingerprint density at radius 1 is 1.42 bits per heavy atom. The van der Waals surface area contributed by atoms with Crippen LogP contribution in [0.4, 0.5) is 5.69 Å². The fourth-order valence-corrected chi connectivity index (χ4v) is 2.16. The van der Waals surface area contributed by atoms with Crippen LogP contribution >= 0.6 is 0 Å². The number of fused-ring (bicyclic) bond motifs is 1. The molecule has 1 heterocycles. The molecule has 0 aliphatic carbocycles. The zero-order chi connectivity index (χ0) is 14.2. The van der Waals surface area contributed by atoms with Crippen molar-refractivity contribution in [2.24, 2.45) is 5.73 Å². The number of carbonyl (C=O) groups excluding carboxylic acids is 1. The number of amides is 1. The van der Waals surface area contributed by atoms with Crippen LogP contribution in [0.5, 0.6) is 5.75 Å². The summed E-state index contributed by atoms with van der Waals surface area (Å²) < 4.78 is 5.48. The van der Waals surface area contributed by atoms with Gasteiger partial charge in [-0.05, 0) is 37.5 Å². The first-order chi connectivity index (χ1) is 8.78. The minimum absolute atomic E-state index is 0.0352. The average Bonchev–Trinajstić information content (AvgIpc) is 2.31. The molecule has 0 aromatic heterocycles. The zero-order valence-electron chi connectivity index (χ0n) is 12.1. The van der Waals surface area contributed by atoms with E-state index in [1.54, 1.807) is 4.90 Å². The second-order valence-corrected chi connectivity index (χ2v) is 6.14. The van der Waals surface area contributed by atoms with Gasteiger partial charge in [0.2, 0.25) is 0 Å². The number of hydrogen-bond acceptors (Lipinski definition) is 3. The van der Waals surface area contributed by atoms with Gasteiger partial charge in [-0.2, -0.15) is 0 Å². The molecule has 1 aromatic carbocycles. The Bertz CT molecular complexity index is 489. The summed E-state index contributed by atoms with van der Waals surface area (Å²) in [6.07, 6.45) is 0. The van der Waals surface area contributed by atoms with Gasteiger partial charge in [0.1, 0.15) is 5.75 Å². The topological polar surface area (TPSA) is 55.6 Å². The van der Waals surface area contributed by atoms with Gasteiger partial charge in [-0.15, -0.1) is 0 Å². The maximum atomic E-state index is 12.1. The fraction of sp³-hybridized carbons (Fsp3) is 0.533. The first-order valence-corrected chi connectivity index (χ1v) is 6.64. The fourth-order valence-electron chi connectivity index (χ4n) is 2.16. The number of ether oxygens (including phenoxy) is 1. The van der Waals surface area contributed by atoms with E-state index in [9.17, 15) is 4.79 Å². The average molecular weight is 262 g/mol. The molecule has 0 saturated carbocycles. The van der Waals surface area contributed by atoms with Crippen LogP contribution in [0, 0.1) is 0 Å². The van der Waals surface area contributed by atoms with E-state index in [-0.39, 0.29) is 12.5 Å². The van der Waals surface area contributed by atoms with Gasteiger partial charge in [-0.1, -0.05) is 19.9 Å². The molecule has 19 heavy (non-hydrogen) atoms. The minimum Gasteiger partial charge on any atom is -0.482 e. The lowest BCUT2D eigenvalue weighted by Gasteiger charge is -2.34. The van der Waals surface area contributed by atoms with Crippen LogP contribution in [-0.4, -0.2) is 24.6 Å². The summed E-state index contributed by atoms with van der Waals surface area (Å²) >= 11 is 0. The molecule has 104 valence electrons. The molecule has 0 spiro atoms. The first kappa shape index (κ1) is 13.9. The minimum atomic E-state index is -0.432. The second kappa shape index (κ2) is 4.85. The van der Waals surface area contributed by atoms with Crippen molar-refractivity contribution in [3.63, 3.8) is 0 Å². The van der Waals surface area contributed by atoms with E-state index in [0.29, 0.717) is 12.5 Å². The van der Waals surface area contributed by atoms with Gasteiger partial charge in [0.05, 0.1) is 5.69 Å². The third-order valence-electron chi connectivity index (χ3n) is 3.16. The second-order valence-electron chi connectivity index (χ2n) is 6.14. The number of benzene rings is 1. The number of hydrogen-bond donors (Lipinski definition) is 1. The predicted molar refractivity (Wildman–Crippen MR) is 76.6 cm³/mol. The van der Waals surface area contributed by atoms with E-state index in [4.69, 9.17) is 10.5 Å². The Balaban J connectivity index is 2.41.